The van der Waals surface area contributed by atoms with Gasteiger partial charge in [-0.15, -0.1) is 0 Å². The second-order valence-electron chi connectivity index (χ2n) is 5.33. The molecule has 0 amide bonds. The Morgan fingerprint density at radius 2 is 1.80 bits per heavy atom. The van der Waals surface area contributed by atoms with Gasteiger partial charge in [-0.25, -0.2) is 0 Å². The normalized spacial score (nSPS) is 13.3. The molecule has 0 atom stereocenters. The second-order valence-corrected chi connectivity index (χ2v) is 6.36. The first-order chi connectivity index (χ1) is 9.70. The van der Waals surface area contributed by atoms with E-state index >= 15 is 0 Å². The van der Waals surface area contributed by atoms with Crippen LogP contribution in [0, 0.1) is 0 Å². The van der Waals surface area contributed by atoms with Crippen LogP contribution in [0.15, 0.2) is 24.3 Å². The van der Waals surface area contributed by atoms with Crippen LogP contribution < -0.4 is 19.3 Å². The van der Waals surface area contributed by atoms with Gasteiger partial charge in [-0.1, -0.05) is 17.4 Å². The standard InChI is InChI=1S/C17H21N2S/c1-4-19-15-7-5-6-8-16(15)20-17(19)13-9-11-14(12-10-13)18(2)3/h7-12H,4-6H2,1-3H3/q+1. The van der Waals surface area contributed by atoms with Crippen LogP contribution in [-0.4, -0.2) is 14.1 Å². The molecule has 20 heavy (non-hydrogen) atoms. The minimum absolute atomic E-state index is 1.03. The molecule has 0 unspecified atom stereocenters. The van der Waals surface area contributed by atoms with Gasteiger partial charge in [0.2, 0.25) is 5.35 Å². The molecule has 2 nitrogen and oxygen atoms in total. The van der Waals surface area contributed by atoms with Crippen LogP contribution in [0.5, 0.6) is 0 Å². The van der Waals surface area contributed by atoms with E-state index in [-0.39, 0.29) is 0 Å². The van der Waals surface area contributed by atoms with Crippen molar-refractivity contribution in [2.45, 2.75) is 26.3 Å². The summed E-state index contributed by atoms with van der Waals surface area (Å²) in [6, 6.07) is 8.86. The lowest BCUT2D eigenvalue weighted by atomic mass is 10.2. The van der Waals surface area contributed by atoms with Crippen molar-refractivity contribution in [3.8, 4) is 10.6 Å². The molecule has 0 saturated carbocycles. The fourth-order valence-electron chi connectivity index (χ4n) is 2.68. The highest BCUT2D eigenvalue weighted by Gasteiger charge is 2.19. The zero-order valence-corrected chi connectivity index (χ0v) is 13.2. The highest BCUT2D eigenvalue weighted by molar-refractivity contribution is 7.12. The third kappa shape index (κ3) is 2.27. The summed E-state index contributed by atoms with van der Waals surface area (Å²) in [5.41, 5.74) is 2.56. The van der Waals surface area contributed by atoms with Gasteiger partial charge in [-0.3, -0.25) is 0 Å². The maximum atomic E-state index is 2.44. The van der Waals surface area contributed by atoms with E-state index in [2.05, 4.69) is 66.9 Å². The number of fused-ring (bicyclic) bond motifs is 1. The van der Waals surface area contributed by atoms with E-state index in [4.69, 9.17) is 0 Å². The molecule has 1 aromatic heterocycles. The third-order valence-corrected chi connectivity index (χ3v) is 5.02. The first kappa shape index (κ1) is 13.4. The molecule has 0 N–H and O–H groups in total. The van der Waals surface area contributed by atoms with E-state index in [1.807, 2.05) is 11.3 Å². The Bertz CT molecular complexity index is 724. The quantitative estimate of drug-likeness (QED) is 0.784. The largest absolute Gasteiger partial charge is 0.378 e. The zero-order valence-electron chi connectivity index (χ0n) is 12.4. The third-order valence-electron chi connectivity index (χ3n) is 3.78. The summed E-state index contributed by atoms with van der Waals surface area (Å²) in [5.74, 6) is 0. The Labute approximate surface area is 124 Å². The summed E-state index contributed by atoms with van der Waals surface area (Å²) < 4.78 is 3.88. The van der Waals surface area contributed by atoms with Crippen LogP contribution in [0.3, 0.4) is 0 Å². The molecule has 3 heteroatoms. The number of benzene rings is 1. The minimum atomic E-state index is 1.03. The zero-order chi connectivity index (χ0) is 14.1. The maximum absolute atomic E-state index is 2.44. The van der Waals surface area contributed by atoms with E-state index in [9.17, 15) is 0 Å². The topological polar surface area (TPSA) is 7.12 Å². The van der Waals surface area contributed by atoms with E-state index < -0.39 is 0 Å². The maximum Gasteiger partial charge on any atom is 0.270 e. The van der Waals surface area contributed by atoms with Crippen molar-refractivity contribution in [3.63, 3.8) is 0 Å². The Balaban J connectivity index is 2.13. The predicted molar refractivity (Wildman–Crippen MR) is 87.4 cm³/mol. The lowest BCUT2D eigenvalue weighted by Gasteiger charge is -2.11. The summed E-state index contributed by atoms with van der Waals surface area (Å²) in [7, 11) is 4.16. The van der Waals surface area contributed by atoms with Crippen molar-refractivity contribution < 1.29 is 4.57 Å². The monoisotopic (exact) mass is 285 g/mol. The lowest BCUT2D eigenvalue weighted by molar-refractivity contribution is -0.691. The molecule has 104 valence electrons. The molecule has 2 aromatic rings. The van der Waals surface area contributed by atoms with Gasteiger partial charge in [-0.2, -0.15) is 4.57 Å². The summed E-state index contributed by atoms with van der Waals surface area (Å²) in [6.45, 7) is 3.26. The van der Waals surface area contributed by atoms with E-state index in [1.54, 1.807) is 0 Å². The minimum Gasteiger partial charge on any atom is -0.378 e. The number of hydrogen-bond acceptors (Lipinski definition) is 2. The van der Waals surface area contributed by atoms with E-state index in [1.165, 1.54) is 39.0 Å². The van der Waals surface area contributed by atoms with Crippen molar-refractivity contribution in [1.82, 2.24) is 0 Å². The van der Waals surface area contributed by atoms with Gasteiger partial charge in [0, 0.05) is 19.8 Å². The average Bonchev–Trinajstić information content (AvgIpc) is 2.85. The molecule has 1 aromatic carbocycles. The number of thiazole rings is 1. The number of rotatable bonds is 3. The van der Waals surface area contributed by atoms with Gasteiger partial charge in [-0.05, 0) is 50.1 Å². The highest BCUT2D eigenvalue weighted by Crippen LogP contribution is 2.21. The van der Waals surface area contributed by atoms with Gasteiger partial charge in [0.05, 0.1) is 5.56 Å². The van der Waals surface area contributed by atoms with Crippen molar-refractivity contribution in [2.24, 2.45) is 0 Å². The fraction of sp³-hybridized carbons (Fsp3) is 0.353. The number of nitrogens with zero attached hydrogens (tertiary/aromatic N) is 2. The molecule has 1 aliphatic carbocycles. The Hall–Kier alpha value is -1.61. The summed E-state index contributed by atoms with van der Waals surface area (Å²) in [4.78, 5) is 2.14. The smallest absolute Gasteiger partial charge is 0.270 e. The van der Waals surface area contributed by atoms with Crippen molar-refractivity contribution in [1.29, 1.82) is 0 Å². The van der Waals surface area contributed by atoms with Gasteiger partial charge >= 0.3 is 0 Å². The molecule has 0 radical (unpaired) electrons. The molecular formula is C17H21N2S+. The molecule has 0 spiro atoms. The molecule has 1 heterocycles. The summed E-state index contributed by atoms with van der Waals surface area (Å²) in [6.07, 6.45) is 7.11. The fourth-order valence-corrected chi connectivity index (χ4v) is 3.98. The molecule has 3 rings (SSSR count). The second kappa shape index (κ2) is 5.41. The lowest BCUT2D eigenvalue weighted by Crippen LogP contribution is -2.53. The SMILES string of the molecule is CC[n+]1c(-c2ccc(N(C)C)cc2)sc2c1=CCCC=2. The number of hydrogen-bond donors (Lipinski definition) is 0. The number of aromatic nitrogens is 1. The van der Waals surface area contributed by atoms with E-state index in [0.29, 0.717) is 0 Å². The Kier molecular flexibility index (Phi) is 3.62. The van der Waals surface area contributed by atoms with Crippen LogP contribution >= 0.6 is 11.3 Å². The molecule has 1 aliphatic rings. The molecule has 0 aliphatic heterocycles. The summed E-state index contributed by atoms with van der Waals surface area (Å²) in [5, 5.41) is 2.78. The van der Waals surface area contributed by atoms with Gasteiger partial charge in [0.15, 0.2) is 0 Å². The van der Waals surface area contributed by atoms with Crippen LogP contribution in [-0.2, 0) is 6.54 Å². The first-order valence-corrected chi connectivity index (χ1v) is 8.03. The predicted octanol–water partition coefficient (Wildman–Crippen LogP) is 2.14. The molecule has 0 fully saturated rings. The molecule has 0 saturated heterocycles. The highest BCUT2D eigenvalue weighted by atomic mass is 32.1. The summed E-state index contributed by atoms with van der Waals surface area (Å²) >= 11 is 1.92. The van der Waals surface area contributed by atoms with Gasteiger partial charge < -0.3 is 4.90 Å². The van der Waals surface area contributed by atoms with Crippen LogP contribution in [0.1, 0.15) is 19.8 Å². The Morgan fingerprint density at radius 3 is 2.45 bits per heavy atom. The van der Waals surface area contributed by atoms with Crippen molar-refractivity contribution in [2.75, 3.05) is 19.0 Å². The van der Waals surface area contributed by atoms with Crippen LogP contribution in [0.2, 0.25) is 0 Å². The molecule has 0 bridgehead atoms. The van der Waals surface area contributed by atoms with Crippen molar-refractivity contribution >= 4 is 29.2 Å². The van der Waals surface area contributed by atoms with Crippen molar-refractivity contribution in [3.05, 3.63) is 34.1 Å². The van der Waals surface area contributed by atoms with Crippen LogP contribution in [0.4, 0.5) is 5.69 Å². The van der Waals surface area contributed by atoms with Gasteiger partial charge in [0.25, 0.3) is 5.01 Å². The van der Waals surface area contributed by atoms with Gasteiger partial charge in [0.1, 0.15) is 11.1 Å². The van der Waals surface area contributed by atoms with Crippen LogP contribution in [0.25, 0.3) is 22.7 Å². The molecular weight excluding hydrogens is 264 g/mol. The number of anilines is 1. The Morgan fingerprint density at radius 1 is 1.10 bits per heavy atom. The first-order valence-electron chi connectivity index (χ1n) is 7.21. The van der Waals surface area contributed by atoms with E-state index in [0.717, 1.165) is 6.54 Å². The average molecular weight is 285 g/mol.